The van der Waals surface area contributed by atoms with Gasteiger partial charge in [-0.25, -0.2) is 5.10 Å². The Bertz CT molecular complexity index is 598. The van der Waals surface area contributed by atoms with E-state index in [1.807, 2.05) is 4.57 Å². The molecule has 2 aromatic heterocycles. The molecule has 3 heterocycles. The molecule has 0 amide bonds. The fourth-order valence-corrected chi connectivity index (χ4v) is 2.20. The number of fused-ring (bicyclic) bond motifs is 1. The number of rotatable bonds is 2. The molecule has 0 aromatic carbocycles. The van der Waals surface area contributed by atoms with Gasteiger partial charge in [0.1, 0.15) is 11.5 Å². The Morgan fingerprint density at radius 1 is 1.44 bits per heavy atom. The van der Waals surface area contributed by atoms with Crippen molar-refractivity contribution in [2.24, 2.45) is 5.92 Å². The van der Waals surface area contributed by atoms with Crippen LogP contribution in [0.2, 0.25) is 0 Å². The topological polar surface area (TPSA) is 96.7 Å². The van der Waals surface area contributed by atoms with Crippen molar-refractivity contribution in [2.45, 2.75) is 19.4 Å². The van der Waals surface area contributed by atoms with Crippen LogP contribution >= 0.6 is 0 Å². The second-order valence-electron chi connectivity index (χ2n) is 4.44. The Morgan fingerprint density at radius 3 is 3.06 bits per heavy atom. The van der Waals surface area contributed by atoms with E-state index in [2.05, 4.69) is 20.4 Å². The highest BCUT2D eigenvalue weighted by molar-refractivity contribution is 5.48. The number of aliphatic hydroxyl groups excluding tert-OH is 1. The molecule has 1 atom stereocenters. The lowest BCUT2D eigenvalue weighted by molar-refractivity contribution is 0.191. The highest BCUT2D eigenvalue weighted by atomic mass is 16.3. The molecule has 3 rings (SSSR count). The molecule has 1 unspecified atom stereocenters. The van der Waals surface area contributed by atoms with Crippen LogP contribution in [0.15, 0.2) is 16.9 Å². The van der Waals surface area contributed by atoms with E-state index in [4.69, 9.17) is 0 Å². The third-order valence-electron chi connectivity index (χ3n) is 3.21. The van der Waals surface area contributed by atoms with Gasteiger partial charge in [-0.05, 0) is 12.5 Å². The zero-order chi connectivity index (χ0) is 12.5. The second kappa shape index (κ2) is 4.34. The summed E-state index contributed by atoms with van der Waals surface area (Å²) in [5, 5.41) is 23.8. The zero-order valence-electron chi connectivity index (χ0n) is 9.70. The van der Waals surface area contributed by atoms with Gasteiger partial charge in [-0.1, -0.05) is 0 Å². The lowest BCUT2D eigenvalue weighted by Gasteiger charge is -2.22. The van der Waals surface area contributed by atoms with Gasteiger partial charge in [0.15, 0.2) is 5.82 Å². The van der Waals surface area contributed by atoms with Crippen LogP contribution in [0.25, 0.3) is 11.5 Å². The average Bonchev–Trinajstić information content (AvgIpc) is 2.82. The van der Waals surface area contributed by atoms with Gasteiger partial charge < -0.3 is 9.67 Å². The molecule has 0 saturated heterocycles. The molecule has 94 valence electrons. The van der Waals surface area contributed by atoms with E-state index >= 15 is 0 Å². The Balaban J connectivity index is 2.01. The van der Waals surface area contributed by atoms with E-state index in [0.717, 1.165) is 18.7 Å². The van der Waals surface area contributed by atoms with Gasteiger partial charge in [-0.3, -0.25) is 4.79 Å². The zero-order valence-corrected chi connectivity index (χ0v) is 9.70. The third kappa shape index (κ3) is 1.82. The van der Waals surface area contributed by atoms with E-state index in [-0.39, 0.29) is 18.1 Å². The summed E-state index contributed by atoms with van der Waals surface area (Å²) >= 11 is 0. The van der Waals surface area contributed by atoms with Gasteiger partial charge in [0.2, 0.25) is 0 Å². The molecule has 2 aromatic rings. The van der Waals surface area contributed by atoms with Crippen molar-refractivity contribution >= 4 is 0 Å². The minimum Gasteiger partial charge on any atom is -0.396 e. The van der Waals surface area contributed by atoms with E-state index in [9.17, 15) is 9.90 Å². The largest absolute Gasteiger partial charge is 0.396 e. The highest BCUT2D eigenvalue weighted by Crippen LogP contribution is 2.23. The van der Waals surface area contributed by atoms with Crippen molar-refractivity contribution in [3.8, 4) is 11.5 Å². The molecular weight excluding hydrogens is 234 g/mol. The normalized spacial score (nSPS) is 18.6. The summed E-state index contributed by atoms with van der Waals surface area (Å²) in [6, 6.07) is 3.04. The number of aromatic nitrogens is 5. The number of hydrogen-bond acceptors (Lipinski definition) is 5. The summed E-state index contributed by atoms with van der Waals surface area (Å²) in [7, 11) is 0. The van der Waals surface area contributed by atoms with Crippen molar-refractivity contribution in [1.82, 2.24) is 25.0 Å². The maximum Gasteiger partial charge on any atom is 0.264 e. The molecule has 18 heavy (non-hydrogen) atoms. The number of aryl methyl sites for hydroxylation is 1. The van der Waals surface area contributed by atoms with Crippen LogP contribution in [-0.4, -0.2) is 36.7 Å². The van der Waals surface area contributed by atoms with Crippen LogP contribution in [-0.2, 0) is 13.0 Å². The first-order chi connectivity index (χ1) is 8.78. The monoisotopic (exact) mass is 247 g/mol. The molecule has 0 bridgehead atoms. The number of hydrogen-bond donors (Lipinski definition) is 2. The molecule has 0 spiro atoms. The molecular formula is C11H13N5O2. The van der Waals surface area contributed by atoms with Gasteiger partial charge in [0, 0.05) is 31.6 Å². The van der Waals surface area contributed by atoms with Crippen LogP contribution in [0.3, 0.4) is 0 Å². The number of aliphatic hydroxyl groups is 1. The highest BCUT2D eigenvalue weighted by Gasteiger charge is 2.23. The molecule has 7 heteroatoms. The van der Waals surface area contributed by atoms with Crippen LogP contribution in [0, 0.1) is 5.92 Å². The minimum absolute atomic E-state index is 0.163. The summed E-state index contributed by atoms with van der Waals surface area (Å²) in [6.07, 6.45) is 1.73. The van der Waals surface area contributed by atoms with E-state index in [1.54, 1.807) is 6.07 Å². The summed E-state index contributed by atoms with van der Waals surface area (Å²) in [5.41, 5.74) is 0.345. The van der Waals surface area contributed by atoms with Crippen molar-refractivity contribution < 1.29 is 5.11 Å². The number of nitrogens with one attached hydrogen (secondary N) is 1. The van der Waals surface area contributed by atoms with E-state index < -0.39 is 0 Å². The van der Waals surface area contributed by atoms with Gasteiger partial charge in [0.05, 0.1) is 0 Å². The molecule has 2 N–H and O–H groups in total. The lowest BCUT2D eigenvalue weighted by Crippen LogP contribution is -2.23. The van der Waals surface area contributed by atoms with Gasteiger partial charge in [-0.2, -0.15) is 5.10 Å². The fraction of sp³-hybridized carbons (Fsp3) is 0.455. The second-order valence-corrected chi connectivity index (χ2v) is 4.44. The SMILES string of the molecule is O=c1ccc(-c2nnc3n2CC(CO)CC3)n[nH]1. The van der Waals surface area contributed by atoms with Crippen LogP contribution in [0.1, 0.15) is 12.2 Å². The first-order valence-corrected chi connectivity index (χ1v) is 5.87. The third-order valence-corrected chi connectivity index (χ3v) is 3.21. The quantitative estimate of drug-likeness (QED) is 0.751. The predicted molar refractivity (Wildman–Crippen MR) is 62.8 cm³/mol. The van der Waals surface area contributed by atoms with Crippen molar-refractivity contribution in [3.63, 3.8) is 0 Å². The molecule has 0 fully saturated rings. The Kier molecular flexibility index (Phi) is 2.67. The molecule has 7 nitrogen and oxygen atoms in total. The van der Waals surface area contributed by atoms with Crippen LogP contribution in [0.4, 0.5) is 0 Å². The fourth-order valence-electron chi connectivity index (χ4n) is 2.20. The van der Waals surface area contributed by atoms with Crippen molar-refractivity contribution in [1.29, 1.82) is 0 Å². The molecule has 1 aliphatic heterocycles. The van der Waals surface area contributed by atoms with Crippen LogP contribution in [0.5, 0.6) is 0 Å². The smallest absolute Gasteiger partial charge is 0.264 e. The lowest BCUT2D eigenvalue weighted by atomic mass is 10.0. The average molecular weight is 247 g/mol. The Morgan fingerprint density at radius 2 is 2.33 bits per heavy atom. The van der Waals surface area contributed by atoms with Gasteiger partial charge in [0.25, 0.3) is 5.56 Å². The number of H-pyrrole nitrogens is 1. The molecule has 0 aliphatic carbocycles. The minimum atomic E-state index is -0.245. The van der Waals surface area contributed by atoms with Crippen molar-refractivity contribution in [2.75, 3.05) is 6.61 Å². The van der Waals surface area contributed by atoms with E-state index in [1.165, 1.54) is 6.07 Å². The van der Waals surface area contributed by atoms with Gasteiger partial charge >= 0.3 is 0 Å². The maximum absolute atomic E-state index is 11.0. The standard InChI is InChI=1S/C11H13N5O2/c17-6-7-1-3-9-13-15-11(16(9)5-7)8-2-4-10(18)14-12-8/h2,4,7,17H,1,3,5-6H2,(H,14,18). The van der Waals surface area contributed by atoms with E-state index in [0.29, 0.717) is 18.1 Å². The maximum atomic E-state index is 11.0. The summed E-state index contributed by atoms with van der Waals surface area (Å²) in [5.74, 6) is 1.78. The molecule has 0 radical (unpaired) electrons. The van der Waals surface area contributed by atoms with Crippen LogP contribution < -0.4 is 5.56 Å². The molecule has 1 aliphatic rings. The number of aromatic amines is 1. The Hall–Kier alpha value is -2.02. The first-order valence-electron chi connectivity index (χ1n) is 5.87. The summed E-state index contributed by atoms with van der Waals surface area (Å²) < 4.78 is 1.96. The predicted octanol–water partition coefficient (Wildman–Crippen LogP) is -0.417. The van der Waals surface area contributed by atoms with Crippen molar-refractivity contribution in [3.05, 3.63) is 28.3 Å². The Labute approximate surface area is 102 Å². The van der Waals surface area contributed by atoms with Gasteiger partial charge in [-0.15, -0.1) is 10.2 Å². The number of nitrogens with zero attached hydrogens (tertiary/aromatic N) is 4. The first kappa shape index (κ1) is 11.1. The summed E-state index contributed by atoms with van der Waals surface area (Å²) in [4.78, 5) is 11.0. The molecule has 0 saturated carbocycles. The summed E-state index contributed by atoms with van der Waals surface area (Å²) in [6.45, 7) is 0.852.